The van der Waals surface area contributed by atoms with Crippen molar-refractivity contribution >= 4 is 11.4 Å². The molecule has 9 heteroatoms. The van der Waals surface area contributed by atoms with Gasteiger partial charge < -0.3 is 9.72 Å². The topological polar surface area (TPSA) is 114 Å². The highest BCUT2D eigenvalue weighted by molar-refractivity contribution is 5.97. The average molecular weight is 397 g/mol. The number of nitro groups is 1. The molecule has 0 atom stereocenters. The number of methoxy groups -OCH3 is 1. The number of nitrogens with one attached hydrogen (secondary N) is 1. The van der Waals surface area contributed by atoms with Gasteiger partial charge in [-0.3, -0.25) is 24.8 Å². The van der Waals surface area contributed by atoms with Gasteiger partial charge in [0.25, 0.3) is 11.2 Å². The summed E-state index contributed by atoms with van der Waals surface area (Å²) in [5, 5.41) is 11.1. The third kappa shape index (κ3) is 4.04. The van der Waals surface area contributed by atoms with Gasteiger partial charge >= 0.3 is 0 Å². The molecule has 1 aromatic carbocycles. The number of nitro benzene ring substituents is 1. The second-order valence-electron chi connectivity index (χ2n) is 7.34. The molecule has 0 bridgehead atoms. The zero-order chi connectivity index (χ0) is 20.4. The minimum Gasteiger partial charge on any atom is -0.496 e. The predicted molar refractivity (Wildman–Crippen MR) is 108 cm³/mol. The van der Waals surface area contributed by atoms with Gasteiger partial charge in [-0.25, -0.2) is 4.98 Å². The maximum atomic E-state index is 12.7. The van der Waals surface area contributed by atoms with Gasteiger partial charge in [-0.2, -0.15) is 0 Å². The maximum absolute atomic E-state index is 12.7. The normalized spacial score (nSPS) is 16.8. The van der Waals surface area contributed by atoms with Crippen LogP contribution in [0.1, 0.15) is 41.9 Å². The molecule has 0 spiro atoms. The molecule has 1 aromatic heterocycles. The van der Waals surface area contributed by atoms with E-state index in [0.29, 0.717) is 43.2 Å². The highest BCUT2D eigenvalue weighted by Crippen LogP contribution is 2.27. The lowest BCUT2D eigenvalue weighted by atomic mass is 10.0. The van der Waals surface area contributed by atoms with E-state index in [9.17, 15) is 14.9 Å². The van der Waals surface area contributed by atoms with Gasteiger partial charge in [0.15, 0.2) is 5.82 Å². The quantitative estimate of drug-likeness (QED) is 0.611. The molecule has 29 heavy (non-hydrogen) atoms. The van der Waals surface area contributed by atoms with Crippen LogP contribution >= 0.6 is 0 Å². The second-order valence-corrected chi connectivity index (χ2v) is 7.34. The Kier molecular flexibility index (Phi) is 5.39. The fourth-order valence-electron chi connectivity index (χ4n) is 3.89. The van der Waals surface area contributed by atoms with E-state index < -0.39 is 4.92 Å². The van der Waals surface area contributed by atoms with Gasteiger partial charge in [0.1, 0.15) is 5.75 Å². The molecule has 2 aliphatic rings. The summed E-state index contributed by atoms with van der Waals surface area (Å²) in [7, 11) is 1.54. The van der Waals surface area contributed by atoms with Gasteiger partial charge in [0, 0.05) is 50.3 Å². The van der Waals surface area contributed by atoms with Gasteiger partial charge in [-0.15, -0.1) is 0 Å². The van der Waals surface area contributed by atoms with Crippen LogP contribution in [0.25, 0.3) is 0 Å². The van der Waals surface area contributed by atoms with E-state index in [1.165, 1.54) is 12.1 Å². The van der Waals surface area contributed by atoms with Crippen molar-refractivity contribution in [2.24, 2.45) is 4.99 Å². The number of fused-ring (bicyclic) bond motifs is 1. The van der Waals surface area contributed by atoms with E-state index >= 15 is 0 Å². The number of aromatic nitrogens is 2. The summed E-state index contributed by atoms with van der Waals surface area (Å²) >= 11 is 0. The van der Waals surface area contributed by atoms with E-state index in [1.807, 2.05) is 0 Å². The molecule has 4 rings (SSSR count). The first-order valence-corrected chi connectivity index (χ1v) is 9.74. The number of aromatic amines is 1. The third-order valence-electron chi connectivity index (χ3n) is 5.41. The highest BCUT2D eigenvalue weighted by atomic mass is 16.6. The predicted octanol–water partition coefficient (Wildman–Crippen LogP) is 2.22. The van der Waals surface area contributed by atoms with Crippen LogP contribution in [-0.2, 0) is 19.5 Å². The van der Waals surface area contributed by atoms with Crippen LogP contribution < -0.4 is 10.3 Å². The van der Waals surface area contributed by atoms with E-state index in [4.69, 9.17) is 4.74 Å². The Balaban J connectivity index is 1.57. The van der Waals surface area contributed by atoms with Gasteiger partial charge in [0.05, 0.1) is 29.0 Å². The Morgan fingerprint density at radius 3 is 2.90 bits per heavy atom. The summed E-state index contributed by atoms with van der Waals surface area (Å²) in [4.78, 5) is 37.6. The number of hydrogen-bond acceptors (Lipinski definition) is 7. The average Bonchev–Trinajstić information content (AvgIpc) is 2.74. The first kappa shape index (κ1) is 19.3. The van der Waals surface area contributed by atoms with Gasteiger partial charge in [-0.05, 0) is 25.3 Å². The standard InChI is InChI=1S/C20H23N5O4/c1-29-18-6-5-14(25(27)28)10-13(18)11-24-9-7-16-15(12-24)20(26)23-19(22-16)17-4-2-3-8-21-17/h5-6,10H,2-4,7-9,11-12H2,1H3,(H,22,23,26). The number of ether oxygens (including phenoxy) is 1. The Morgan fingerprint density at radius 1 is 1.31 bits per heavy atom. The van der Waals surface area contributed by atoms with Gasteiger partial charge in [0.2, 0.25) is 0 Å². The largest absolute Gasteiger partial charge is 0.496 e. The SMILES string of the molecule is COc1ccc([N+](=O)[O-])cc1CN1CCc2nc(C3=NCCCC3)[nH]c(=O)c2C1. The lowest BCUT2D eigenvalue weighted by Gasteiger charge is -2.28. The van der Waals surface area contributed by atoms with E-state index in [2.05, 4.69) is 19.9 Å². The number of H-pyrrole nitrogens is 1. The maximum Gasteiger partial charge on any atom is 0.270 e. The van der Waals surface area contributed by atoms with E-state index in [1.54, 1.807) is 13.2 Å². The summed E-state index contributed by atoms with van der Waals surface area (Å²) in [6, 6.07) is 4.57. The number of hydrogen-bond donors (Lipinski definition) is 1. The lowest BCUT2D eigenvalue weighted by molar-refractivity contribution is -0.385. The van der Waals surface area contributed by atoms with Crippen LogP contribution in [-0.4, -0.2) is 45.7 Å². The van der Waals surface area contributed by atoms with Crippen molar-refractivity contribution in [1.29, 1.82) is 0 Å². The molecule has 9 nitrogen and oxygen atoms in total. The number of non-ortho nitro benzene ring substituents is 1. The number of benzene rings is 1. The van der Waals surface area contributed by atoms with Crippen molar-refractivity contribution in [3.05, 3.63) is 61.3 Å². The summed E-state index contributed by atoms with van der Waals surface area (Å²) in [6.07, 6.45) is 3.64. The molecule has 0 fully saturated rings. The molecule has 0 amide bonds. The number of nitrogens with zero attached hydrogens (tertiary/aromatic N) is 4. The van der Waals surface area contributed by atoms with Crippen molar-refractivity contribution in [1.82, 2.24) is 14.9 Å². The molecular weight excluding hydrogens is 374 g/mol. The first-order chi connectivity index (χ1) is 14.0. The molecule has 0 radical (unpaired) electrons. The van der Waals surface area contributed by atoms with Crippen molar-refractivity contribution in [3.8, 4) is 5.75 Å². The lowest BCUT2D eigenvalue weighted by Crippen LogP contribution is -2.36. The highest BCUT2D eigenvalue weighted by Gasteiger charge is 2.24. The van der Waals surface area contributed by atoms with Crippen LogP contribution in [0, 0.1) is 10.1 Å². The molecule has 3 heterocycles. The molecular formula is C20H23N5O4. The van der Waals surface area contributed by atoms with Crippen LogP contribution in [0.2, 0.25) is 0 Å². The fraction of sp³-hybridized carbons (Fsp3) is 0.450. The number of rotatable bonds is 5. The minimum atomic E-state index is -0.418. The Bertz CT molecular complexity index is 1030. The molecule has 152 valence electrons. The molecule has 2 aliphatic heterocycles. The fourth-order valence-corrected chi connectivity index (χ4v) is 3.89. The monoisotopic (exact) mass is 397 g/mol. The summed E-state index contributed by atoms with van der Waals surface area (Å²) < 4.78 is 5.36. The summed E-state index contributed by atoms with van der Waals surface area (Å²) in [6.45, 7) is 2.39. The van der Waals surface area contributed by atoms with E-state index in [-0.39, 0.29) is 11.2 Å². The minimum absolute atomic E-state index is 0.0237. The third-order valence-corrected chi connectivity index (χ3v) is 5.41. The molecule has 0 unspecified atom stereocenters. The van der Waals surface area contributed by atoms with Crippen LogP contribution in [0.5, 0.6) is 5.75 Å². The summed E-state index contributed by atoms with van der Waals surface area (Å²) in [5.74, 6) is 1.20. The van der Waals surface area contributed by atoms with Crippen molar-refractivity contribution in [2.45, 2.75) is 38.8 Å². The first-order valence-electron chi connectivity index (χ1n) is 9.74. The molecule has 2 aromatic rings. The Labute approximate surface area is 167 Å². The molecule has 0 saturated heterocycles. The van der Waals surface area contributed by atoms with E-state index in [0.717, 1.165) is 42.8 Å². The van der Waals surface area contributed by atoms with Crippen molar-refractivity contribution in [3.63, 3.8) is 0 Å². The second kappa shape index (κ2) is 8.12. The number of aliphatic imine (C=N–C) groups is 1. The van der Waals surface area contributed by atoms with Crippen molar-refractivity contribution < 1.29 is 9.66 Å². The van der Waals surface area contributed by atoms with Crippen LogP contribution in [0.4, 0.5) is 5.69 Å². The van der Waals surface area contributed by atoms with Crippen LogP contribution in [0.15, 0.2) is 28.0 Å². The Morgan fingerprint density at radius 2 is 2.17 bits per heavy atom. The smallest absolute Gasteiger partial charge is 0.270 e. The Hall–Kier alpha value is -3.07. The molecule has 0 saturated carbocycles. The molecule has 1 N–H and O–H groups in total. The zero-order valence-electron chi connectivity index (χ0n) is 16.3. The molecule has 0 aliphatic carbocycles. The van der Waals surface area contributed by atoms with Crippen LogP contribution in [0.3, 0.4) is 0 Å². The zero-order valence-corrected chi connectivity index (χ0v) is 16.3. The van der Waals surface area contributed by atoms with Gasteiger partial charge in [-0.1, -0.05) is 0 Å². The van der Waals surface area contributed by atoms with Crippen molar-refractivity contribution in [2.75, 3.05) is 20.2 Å². The summed E-state index contributed by atoms with van der Waals surface area (Å²) in [5.41, 5.74) is 2.98.